The molecule has 2 aliphatic rings. The van der Waals surface area contributed by atoms with Crippen LogP contribution in [-0.2, 0) is 23.7 Å². The van der Waals surface area contributed by atoms with Crippen molar-refractivity contribution in [2.24, 2.45) is 0 Å². The first-order chi connectivity index (χ1) is 16.6. The summed E-state index contributed by atoms with van der Waals surface area (Å²) in [6.45, 7) is -1.48. The van der Waals surface area contributed by atoms with Crippen LogP contribution in [0.4, 0.5) is 0 Å². The molecule has 35 heavy (non-hydrogen) atoms. The minimum Gasteiger partial charge on any atom is -0.493 e. The number of ether oxygens (including phenoxy) is 6. The van der Waals surface area contributed by atoms with Crippen molar-refractivity contribution >= 4 is 12.0 Å². The fraction of sp³-hybridized carbons (Fsp3) is 0.591. The molecule has 13 nitrogen and oxygen atoms in total. The largest absolute Gasteiger partial charge is 0.493 e. The van der Waals surface area contributed by atoms with Crippen molar-refractivity contribution in [1.29, 1.82) is 0 Å². The quantitative estimate of drug-likeness (QED) is 0.154. The van der Waals surface area contributed by atoms with Gasteiger partial charge in [0.15, 0.2) is 29.7 Å². The molecule has 2 heterocycles. The molecule has 1 aromatic carbocycles. The van der Waals surface area contributed by atoms with Gasteiger partial charge in [0, 0.05) is 6.08 Å². The van der Waals surface area contributed by atoms with E-state index in [1.54, 1.807) is 18.2 Å². The van der Waals surface area contributed by atoms with Crippen molar-refractivity contribution in [1.82, 2.24) is 0 Å². The molecule has 2 saturated heterocycles. The highest BCUT2D eigenvalue weighted by Gasteiger charge is 2.51. The van der Waals surface area contributed by atoms with Gasteiger partial charge in [-0.2, -0.15) is 0 Å². The summed E-state index contributed by atoms with van der Waals surface area (Å²) in [5.41, 5.74) is -1.34. The maximum absolute atomic E-state index is 12.1. The van der Waals surface area contributed by atoms with E-state index in [0.717, 1.165) is 6.08 Å². The molecule has 0 aromatic heterocycles. The van der Waals surface area contributed by atoms with Gasteiger partial charge in [-0.15, -0.1) is 0 Å². The van der Waals surface area contributed by atoms with Gasteiger partial charge in [-0.1, -0.05) is 6.07 Å². The molecule has 0 aliphatic carbocycles. The summed E-state index contributed by atoms with van der Waals surface area (Å²) >= 11 is 0. The molecule has 8 atom stereocenters. The predicted molar refractivity (Wildman–Crippen MR) is 115 cm³/mol. The normalized spacial score (nSPS) is 35.3. The van der Waals surface area contributed by atoms with Crippen molar-refractivity contribution in [2.75, 3.05) is 34.0 Å². The second-order valence-corrected chi connectivity index (χ2v) is 8.15. The van der Waals surface area contributed by atoms with E-state index in [9.17, 15) is 35.4 Å². The molecule has 2 fully saturated rings. The number of aliphatic hydroxyl groups is 6. The van der Waals surface area contributed by atoms with E-state index in [1.165, 1.54) is 20.3 Å². The SMILES string of the molecule is COc1ccc(C=CC(=O)OC[C@@]2(O)CO[C@@H](OC[C@H]3O[C@@H](O)[C@H](O)[C@@H](O)[C@@H]3O)[C@@H]2O)cc1OC. The first kappa shape index (κ1) is 27.3. The molecular formula is C22H30O13. The highest BCUT2D eigenvalue weighted by Crippen LogP contribution is 2.29. The number of esters is 1. The number of aliphatic hydroxyl groups excluding tert-OH is 5. The van der Waals surface area contributed by atoms with Crippen LogP contribution in [0, 0.1) is 0 Å². The lowest BCUT2D eigenvalue weighted by Crippen LogP contribution is -2.59. The van der Waals surface area contributed by atoms with E-state index in [1.807, 2.05) is 0 Å². The number of hydrogen-bond donors (Lipinski definition) is 6. The molecule has 0 unspecified atom stereocenters. The van der Waals surface area contributed by atoms with E-state index in [0.29, 0.717) is 17.1 Å². The predicted octanol–water partition coefficient (Wildman–Crippen LogP) is -2.47. The Morgan fingerprint density at radius 2 is 1.80 bits per heavy atom. The topological polar surface area (TPSA) is 194 Å². The van der Waals surface area contributed by atoms with Gasteiger partial charge in [0.1, 0.15) is 37.1 Å². The first-order valence-corrected chi connectivity index (χ1v) is 10.7. The highest BCUT2D eigenvalue weighted by atomic mass is 16.7. The van der Waals surface area contributed by atoms with Crippen LogP contribution in [0.1, 0.15) is 5.56 Å². The lowest BCUT2D eigenvalue weighted by molar-refractivity contribution is -0.297. The van der Waals surface area contributed by atoms with E-state index >= 15 is 0 Å². The maximum atomic E-state index is 12.1. The second-order valence-electron chi connectivity index (χ2n) is 8.15. The first-order valence-electron chi connectivity index (χ1n) is 10.7. The number of carbonyl (C=O) groups is 1. The van der Waals surface area contributed by atoms with Crippen molar-refractivity contribution in [3.63, 3.8) is 0 Å². The van der Waals surface area contributed by atoms with Crippen LogP contribution in [0.5, 0.6) is 11.5 Å². The molecule has 2 aliphatic heterocycles. The Morgan fingerprint density at radius 3 is 2.49 bits per heavy atom. The third-order valence-electron chi connectivity index (χ3n) is 5.70. The average Bonchev–Trinajstić information content (AvgIpc) is 3.14. The Hall–Kier alpha value is -2.33. The van der Waals surface area contributed by atoms with Gasteiger partial charge in [0.2, 0.25) is 0 Å². The molecule has 0 amide bonds. The van der Waals surface area contributed by atoms with E-state index in [2.05, 4.69) is 0 Å². The molecule has 6 N–H and O–H groups in total. The molecule has 1 aromatic rings. The molecule has 0 bridgehead atoms. The van der Waals surface area contributed by atoms with E-state index < -0.39 is 74.5 Å². The van der Waals surface area contributed by atoms with E-state index in [4.69, 9.17) is 28.4 Å². The lowest BCUT2D eigenvalue weighted by atomic mass is 9.99. The average molecular weight is 502 g/mol. The van der Waals surface area contributed by atoms with Gasteiger partial charge in [0.25, 0.3) is 0 Å². The molecule has 0 radical (unpaired) electrons. The van der Waals surface area contributed by atoms with Crippen LogP contribution in [0.2, 0.25) is 0 Å². The van der Waals surface area contributed by atoms with Gasteiger partial charge in [-0.05, 0) is 23.8 Å². The van der Waals surface area contributed by atoms with Gasteiger partial charge in [-0.3, -0.25) is 0 Å². The smallest absolute Gasteiger partial charge is 0.330 e. The number of carbonyl (C=O) groups excluding carboxylic acids is 1. The molecule has 0 saturated carbocycles. The summed E-state index contributed by atoms with van der Waals surface area (Å²) in [5.74, 6) is 0.210. The zero-order valence-corrected chi connectivity index (χ0v) is 19.1. The lowest BCUT2D eigenvalue weighted by Gasteiger charge is -2.38. The Labute approximate surface area is 200 Å². The van der Waals surface area contributed by atoms with Gasteiger partial charge >= 0.3 is 5.97 Å². The van der Waals surface area contributed by atoms with Crippen molar-refractivity contribution in [3.8, 4) is 11.5 Å². The van der Waals surface area contributed by atoms with Crippen LogP contribution in [0.3, 0.4) is 0 Å². The van der Waals surface area contributed by atoms with Gasteiger partial charge in [-0.25, -0.2) is 4.79 Å². The summed E-state index contributed by atoms with van der Waals surface area (Å²) < 4.78 is 30.9. The van der Waals surface area contributed by atoms with Crippen molar-refractivity contribution in [2.45, 2.75) is 48.7 Å². The fourth-order valence-corrected chi connectivity index (χ4v) is 3.55. The molecule has 196 valence electrons. The number of rotatable bonds is 9. The number of hydrogen-bond acceptors (Lipinski definition) is 13. The van der Waals surface area contributed by atoms with Gasteiger partial charge < -0.3 is 59.1 Å². The summed E-state index contributed by atoms with van der Waals surface area (Å²) in [7, 11) is 2.98. The van der Waals surface area contributed by atoms with Crippen LogP contribution >= 0.6 is 0 Å². The third kappa shape index (κ3) is 6.27. The third-order valence-corrected chi connectivity index (χ3v) is 5.70. The number of benzene rings is 1. The monoisotopic (exact) mass is 502 g/mol. The van der Waals surface area contributed by atoms with Crippen molar-refractivity contribution < 1.29 is 63.9 Å². The maximum Gasteiger partial charge on any atom is 0.330 e. The Morgan fingerprint density at radius 1 is 1.09 bits per heavy atom. The molecule has 3 rings (SSSR count). The Kier molecular flexibility index (Phi) is 9.04. The summed E-state index contributed by atoms with van der Waals surface area (Å²) in [6, 6.07) is 5.01. The van der Waals surface area contributed by atoms with E-state index in [-0.39, 0.29) is 0 Å². The van der Waals surface area contributed by atoms with Crippen LogP contribution in [0.25, 0.3) is 6.08 Å². The standard InChI is InChI=1S/C22H30O13/c1-30-12-5-3-11(7-13(12)31-2)4-6-15(23)33-9-22(29)10-34-21(19(22)27)32-8-14-16(24)17(25)18(26)20(28)35-14/h3-7,14,16-21,24-29H,8-10H2,1-2H3/t14-,16-,17+,18-,19+,20-,21-,22-/m1/s1. The Balaban J connectivity index is 1.49. The fourth-order valence-electron chi connectivity index (χ4n) is 3.55. The summed E-state index contributed by atoms with van der Waals surface area (Å²) in [6.07, 6.45) is -8.36. The molecule has 0 spiro atoms. The zero-order valence-electron chi connectivity index (χ0n) is 19.1. The summed E-state index contributed by atoms with van der Waals surface area (Å²) in [4.78, 5) is 12.1. The molecular weight excluding hydrogens is 472 g/mol. The van der Waals surface area contributed by atoms with Crippen LogP contribution < -0.4 is 9.47 Å². The zero-order chi connectivity index (χ0) is 25.8. The highest BCUT2D eigenvalue weighted by molar-refractivity contribution is 5.87. The minimum atomic E-state index is -1.97. The summed E-state index contributed by atoms with van der Waals surface area (Å²) in [5, 5.41) is 59.7. The second kappa shape index (κ2) is 11.6. The van der Waals surface area contributed by atoms with Crippen LogP contribution in [0.15, 0.2) is 24.3 Å². The van der Waals surface area contributed by atoms with Gasteiger partial charge in [0.05, 0.1) is 27.4 Å². The van der Waals surface area contributed by atoms with Crippen molar-refractivity contribution in [3.05, 3.63) is 29.8 Å². The Bertz CT molecular complexity index is 892. The minimum absolute atomic E-state index is 0.427. The molecule has 13 heteroatoms. The van der Waals surface area contributed by atoms with Crippen LogP contribution in [-0.4, -0.2) is 119 Å². The number of methoxy groups -OCH3 is 2.